The predicted molar refractivity (Wildman–Crippen MR) is 51.6 cm³/mol. The van der Waals surface area contributed by atoms with Crippen molar-refractivity contribution in [3.8, 4) is 0 Å². The van der Waals surface area contributed by atoms with Crippen LogP contribution in [0, 0.1) is 0 Å². The van der Waals surface area contributed by atoms with Crippen molar-refractivity contribution < 1.29 is 13.6 Å². The first-order valence-corrected chi connectivity index (χ1v) is 4.61. The second-order valence-corrected chi connectivity index (χ2v) is 3.41. The third-order valence-corrected chi connectivity index (χ3v) is 2.21. The lowest BCUT2D eigenvalue weighted by atomic mass is 10.1. The molecule has 0 saturated carbocycles. The van der Waals surface area contributed by atoms with E-state index in [4.69, 9.17) is 4.55 Å². The van der Waals surface area contributed by atoms with Crippen LogP contribution < -0.4 is 0 Å². The molecule has 1 aromatic carbocycles. The van der Waals surface area contributed by atoms with Crippen molar-refractivity contribution in [2.24, 2.45) is 0 Å². The van der Waals surface area contributed by atoms with Gasteiger partial charge in [-0.05, 0) is 11.6 Å². The molecule has 0 aliphatic heterocycles. The first-order chi connectivity index (χ1) is 6.15. The van der Waals surface area contributed by atoms with Crippen LogP contribution in [0.25, 0.3) is 4.91 Å². The van der Waals surface area contributed by atoms with Gasteiger partial charge in [0, 0.05) is 5.56 Å². The van der Waals surface area contributed by atoms with Crippen molar-refractivity contribution >= 4 is 22.3 Å². The molecule has 1 atom stereocenters. The molecule has 0 aliphatic carbocycles. The lowest BCUT2D eigenvalue weighted by molar-refractivity contribution is 0.112. The minimum Gasteiger partial charge on any atom is -0.302 e. The molecule has 0 aromatic heterocycles. The molecule has 13 heavy (non-hydrogen) atoms. The maximum Gasteiger partial charge on any atom is 0.186 e. The van der Waals surface area contributed by atoms with Gasteiger partial charge in [-0.25, -0.2) is 4.21 Å². The van der Waals surface area contributed by atoms with Gasteiger partial charge in [0.15, 0.2) is 11.1 Å². The van der Waals surface area contributed by atoms with E-state index in [0.717, 1.165) is 0 Å². The highest BCUT2D eigenvalue weighted by atomic mass is 32.2. The SMILES string of the molecule is C=C(c1cccc(C=O)c1)S(=O)O. The molecule has 68 valence electrons. The molecule has 0 spiro atoms. The van der Waals surface area contributed by atoms with Crippen LogP contribution in [0.3, 0.4) is 0 Å². The average molecular weight is 196 g/mol. The third-order valence-electron chi connectivity index (χ3n) is 1.56. The van der Waals surface area contributed by atoms with Crippen LogP contribution in [0.5, 0.6) is 0 Å². The Morgan fingerprint density at radius 1 is 1.54 bits per heavy atom. The Hall–Kier alpha value is -1.26. The highest BCUT2D eigenvalue weighted by Gasteiger charge is 2.04. The molecule has 1 aromatic rings. The molecule has 0 radical (unpaired) electrons. The molecule has 0 amide bonds. The van der Waals surface area contributed by atoms with Gasteiger partial charge in [0.1, 0.15) is 6.29 Å². The Morgan fingerprint density at radius 3 is 2.77 bits per heavy atom. The zero-order chi connectivity index (χ0) is 9.84. The van der Waals surface area contributed by atoms with Gasteiger partial charge in [0.2, 0.25) is 0 Å². The third kappa shape index (κ3) is 2.34. The monoisotopic (exact) mass is 196 g/mol. The van der Waals surface area contributed by atoms with Gasteiger partial charge in [-0.1, -0.05) is 24.8 Å². The predicted octanol–water partition coefficient (Wildman–Crippen LogP) is 1.69. The molecule has 3 nitrogen and oxygen atoms in total. The van der Waals surface area contributed by atoms with Crippen molar-refractivity contribution in [2.75, 3.05) is 0 Å². The van der Waals surface area contributed by atoms with Crippen molar-refractivity contribution in [2.45, 2.75) is 0 Å². The highest BCUT2D eigenvalue weighted by Crippen LogP contribution is 2.15. The van der Waals surface area contributed by atoms with Crippen molar-refractivity contribution in [1.82, 2.24) is 0 Å². The maximum atomic E-state index is 10.6. The van der Waals surface area contributed by atoms with Gasteiger partial charge in [0.25, 0.3) is 0 Å². The smallest absolute Gasteiger partial charge is 0.186 e. The Bertz CT molecular complexity index is 371. The second kappa shape index (κ2) is 4.11. The first-order valence-electron chi connectivity index (χ1n) is 3.50. The Kier molecular flexibility index (Phi) is 3.11. The number of benzene rings is 1. The van der Waals surface area contributed by atoms with Crippen LogP contribution in [0.15, 0.2) is 30.8 Å². The number of rotatable bonds is 3. The molecule has 0 aliphatic rings. The van der Waals surface area contributed by atoms with Gasteiger partial charge in [-0.2, -0.15) is 0 Å². The molecule has 4 heteroatoms. The van der Waals surface area contributed by atoms with Crippen molar-refractivity contribution in [1.29, 1.82) is 0 Å². The van der Waals surface area contributed by atoms with Crippen LogP contribution in [0.4, 0.5) is 0 Å². The number of hydrogen-bond acceptors (Lipinski definition) is 2. The van der Waals surface area contributed by atoms with Crippen LogP contribution in [0.2, 0.25) is 0 Å². The standard InChI is InChI=1S/C9H8O3S/c1-7(13(11)12)9-4-2-3-8(5-9)6-10/h2-6H,1H2,(H,11,12). The zero-order valence-electron chi connectivity index (χ0n) is 6.77. The molecule has 0 bridgehead atoms. The van der Waals surface area contributed by atoms with Gasteiger partial charge < -0.3 is 4.55 Å². The maximum absolute atomic E-state index is 10.6. The van der Waals surface area contributed by atoms with E-state index in [1.54, 1.807) is 18.2 Å². The number of carbonyl (C=O) groups excluding carboxylic acids is 1. The Labute approximate surface area is 78.4 Å². The molecule has 0 saturated heterocycles. The molecule has 1 rings (SSSR count). The van der Waals surface area contributed by atoms with Crippen molar-refractivity contribution in [3.63, 3.8) is 0 Å². The number of hydrogen-bond donors (Lipinski definition) is 1. The minimum atomic E-state index is -2.08. The number of aldehydes is 1. The molecule has 1 unspecified atom stereocenters. The summed E-state index contributed by atoms with van der Waals surface area (Å²) in [5, 5.41) is 0. The van der Waals surface area contributed by atoms with Crippen LogP contribution in [-0.2, 0) is 11.1 Å². The summed E-state index contributed by atoms with van der Waals surface area (Å²) in [5.41, 5.74) is 0.967. The summed E-state index contributed by atoms with van der Waals surface area (Å²) in [5.74, 6) is 0. The van der Waals surface area contributed by atoms with Gasteiger partial charge in [-0.3, -0.25) is 4.79 Å². The lowest BCUT2D eigenvalue weighted by Gasteiger charge is -2.00. The summed E-state index contributed by atoms with van der Waals surface area (Å²) >= 11 is -2.08. The van der Waals surface area contributed by atoms with E-state index >= 15 is 0 Å². The van der Waals surface area contributed by atoms with Crippen LogP contribution in [-0.4, -0.2) is 15.0 Å². The van der Waals surface area contributed by atoms with E-state index in [-0.39, 0.29) is 4.91 Å². The first kappa shape index (κ1) is 9.83. The number of carbonyl (C=O) groups is 1. The quantitative estimate of drug-likeness (QED) is 0.591. The molecule has 0 heterocycles. The largest absolute Gasteiger partial charge is 0.302 e. The van der Waals surface area contributed by atoms with Crippen molar-refractivity contribution in [3.05, 3.63) is 42.0 Å². The van der Waals surface area contributed by atoms with Gasteiger partial charge in [0.05, 0.1) is 4.91 Å². The summed E-state index contributed by atoms with van der Waals surface area (Å²) in [7, 11) is 0. The fourth-order valence-electron chi connectivity index (χ4n) is 0.886. The average Bonchev–Trinajstić information content (AvgIpc) is 2.16. The van der Waals surface area contributed by atoms with Crippen LogP contribution in [0.1, 0.15) is 15.9 Å². The summed E-state index contributed by atoms with van der Waals surface area (Å²) < 4.78 is 19.3. The highest BCUT2D eigenvalue weighted by molar-refractivity contribution is 7.89. The molecule has 0 fully saturated rings. The fourth-order valence-corrected chi connectivity index (χ4v) is 1.21. The molecular weight excluding hydrogens is 188 g/mol. The minimum absolute atomic E-state index is 0.101. The lowest BCUT2D eigenvalue weighted by Crippen LogP contribution is -1.91. The topological polar surface area (TPSA) is 54.4 Å². The van der Waals surface area contributed by atoms with E-state index in [0.29, 0.717) is 17.4 Å². The van der Waals surface area contributed by atoms with E-state index in [1.807, 2.05) is 0 Å². The van der Waals surface area contributed by atoms with Crippen LogP contribution >= 0.6 is 0 Å². The summed E-state index contributed by atoms with van der Waals surface area (Å²) in [4.78, 5) is 10.5. The van der Waals surface area contributed by atoms with Gasteiger partial charge >= 0.3 is 0 Å². The Balaban J connectivity index is 3.08. The summed E-state index contributed by atoms with van der Waals surface area (Å²) in [6.07, 6.45) is 0.678. The molecule has 1 N–H and O–H groups in total. The second-order valence-electron chi connectivity index (χ2n) is 2.42. The van der Waals surface area contributed by atoms with E-state index in [2.05, 4.69) is 6.58 Å². The molecular formula is C9H8O3S. The van der Waals surface area contributed by atoms with E-state index in [9.17, 15) is 9.00 Å². The fraction of sp³-hybridized carbons (Fsp3) is 0. The Morgan fingerprint density at radius 2 is 2.23 bits per heavy atom. The normalized spacial score (nSPS) is 12.1. The van der Waals surface area contributed by atoms with E-state index in [1.165, 1.54) is 6.07 Å². The van der Waals surface area contributed by atoms with Gasteiger partial charge in [-0.15, -0.1) is 0 Å². The summed E-state index contributed by atoms with van der Waals surface area (Å²) in [6, 6.07) is 6.40. The summed E-state index contributed by atoms with van der Waals surface area (Å²) in [6.45, 7) is 3.43. The zero-order valence-corrected chi connectivity index (χ0v) is 7.58. The van der Waals surface area contributed by atoms with E-state index < -0.39 is 11.1 Å².